The maximum absolute atomic E-state index is 11.7. The minimum Gasteiger partial charge on any atom is -0.380 e. The molecule has 0 unspecified atom stereocenters. The number of carbonyl (C=O) groups is 1. The molecule has 0 radical (unpaired) electrons. The first-order valence-electron chi connectivity index (χ1n) is 4.86. The molecular weight excluding hydrogens is 152 g/mol. The molecule has 12 heavy (non-hydrogen) atoms. The van der Waals surface area contributed by atoms with Gasteiger partial charge in [0.2, 0.25) is 0 Å². The second-order valence-corrected chi connectivity index (χ2v) is 4.05. The van der Waals surface area contributed by atoms with Gasteiger partial charge in [0.1, 0.15) is 5.78 Å². The van der Waals surface area contributed by atoms with E-state index in [1.165, 1.54) is 6.42 Å². The molecule has 68 valence electrons. The van der Waals surface area contributed by atoms with Gasteiger partial charge in [-0.25, -0.2) is 0 Å². The molecule has 2 aliphatic rings. The first-order chi connectivity index (χ1) is 5.79. The maximum atomic E-state index is 11.7. The van der Waals surface area contributed by atoms with E-state index in [0.717, 1.165) is 32.1 Å². The molecule has 0 saturated heterocycles. The van der Waals surface area contributed by atoms with Gasteiger partial charge in [0, 0.05) is 13.5 Å². The summed E-state index contributed by atoms with van der Waals surface area (Å²) in [4.78, 5) is 11.7. The molecule has 0 aliphatic heterocycles. The van der Waals surface area contributed by atoms with Crippen LogP contribution >= 0.6 is 0 Å². The smallest absolute Gasteiger partial charge is 0.141 e. The molecule has 2 aliphatic carbocycles. The molecule has 0 N–H and O–H groups in total. The van der Waals surface area contributed by atoms with Crippen molar-refractivity contribution in [2.24, 2.45) is 5.41 Å². The fourth-order valence-corrected chi connectivity index (χ4v) is 2.94. The van der Waals surface area contributed by atoms with E-state index in [1.807, 2.05) is 0 Å². The number of Topliss-reactive ketones (excluding diaryl/α,β-unsaturated/α-hetero) is 1. The van der Waals surface area contributed by atoms with Crippen LogP contribution < -0.4 is 0 Å². The molecule has 2 atom stereocenters. The molecule has 0 heterocycles. The molecule has 0 amide bonds. The fraction of sp³-hybridized carbons (Fsp3) is 0.900. The highest BCUT2D eigenvalue weighted by Gasteiger charge is 2.50. The first kappa shape index (κ1) is 8.24. The Morgan fingerprint density at radius 2 is 2.17 bits per heavy atom. The predicted molar refractivity (Wildman–Crippen MR) is 45.9 cm³/mol. The Balaban J connectivity index is 2.22. The Hall–Kier alpha value is -0.370. The molecule has 2 fully saturated rings. The van der Waals surface area contributed by atoms with Crippen LogP contribution in [0.1, 0.15) is 38.5 Å². The highest BCUT2D eigenvalue weighted by Crippen LogP contribution is 2.49. The van der Waals surface area contributed by atoms with Gasteiger partial charge >= 0.3 is 0 Å². The zero-order valence-electron chi connectivity index (χ0n) is 7.64. The van der Waals surface area contributed by atoms with Gasteiger partial charge in [0.15, 0.2) is 0 Å². The Kier molecular flexibility index (Phi) is 1.95. The van der Waals surface area contributed by atoms with Crippen LogP contribution in [0.2, 0.25) is 0 Å². The van der Waals surface area contributed by atoms with Crippen molar-refractivity contribution in [2.75, 3.05) is 7.11 Å². The second kappa shape index (κ2) is 2.84. The molecule has 0 aromatic rings. The van der Waals surface area contributed by atoms with Gasteiger partial charge in [-0.15, -0.1) is 0 Å². The Labute approximate surface area is 73.3 Å². The summed E-state index contributed by atoms with van der Waals surface area (Å²) in [6.45, 7) is 0. The predicted octanol–water partition coefficient (Wildman–Crippen LogP) is 1.92. The number of hydrogen-bond donors (Lipinski definition) is 0. The SMILES string of the molecule is CO[C@@H]1CCC[C@@]12CCCC2=O. The monoisotopic (exact) mass is 168 g/mol. The van der Waals surface area contributed by atoms with Crippen LogP contribution in [0.15, 0.2) is 0 Å². The van der Waals surface area contributed by atoms with Crippen molar-refractivity contribution in [1.29, 1.82) is 0 Å². The average molecular weight is 168 g/mol. The molecule has 0 aromatic heterocycles. The summed E-state index contributed by atoms with van der Waals surface area (Å²) < 4.78 is 5.40. The van der Waals surface area contributed by atoms with Crippen LogP contribution in [-0.4, -0.2) is 19.0 Å². The van der Waals surface area contributed by atoms with Crippen molar-refractivity contribution >= 4 is 5.78 Å². The van der Waals surface area contributed by atoms with Crippen molar-refractivity contribution in [3.8, 4) is 0 Å². The molecule has 1 spiro atoms. The summed E-state index contributed by atoms with van der Waals surface area (Å²) in [6.07, 6.45) is 6.51. The van der Waals surface area contributed by atoms with E-state index < -0.39 is 0 Å². The number of rotatable bonds is 1. The molecule has 2 rings (SSSR count). The van der Waals surface area contributed by atoms with E-state index in [2.05, 4.69) is 0 Å². The molecule has 0 bridgehead atoms. The molecule has 0 aromatic carbocycles. The van der Waals surface area contributed by atoms with Crippen molar-refractivity contribution in [2.45, 2.75) is 44.6 Å². The van der Waals surface area contributed by atoms with Gasteiger partial charge in [-0.2, -0.15) is 0 Å². The first-order valence-corrected chi connectivity index (χ1v) is 4.86. The van der Waals surface area contributed by atoms with Gasteiger partial charge in [0.05, 0.1) is 11.5 Å². The van der Waals surface area contributed by atoms with Gasteiger partial charge in [0.25, 0.3) is 0 Å². The number of hydrogen-bond acceptors (Lipinski definition) is 2. The third kappa shape index (κ3) is 0.939. The number of ketones is 1. The van der Waals surface area contributed by atoms with E-state index in [-0.39, 0.29) is 11.5 Å². The highest BCUT2D eigenvalue weighted by molar-refractivity contribution is 5.87. The van der Waals surface area contributed by atoms with Crippen molar-refractivity contribution in [3.05, 3.63) is 0 Å². The van der Waals surface area contributed by atoms with Crippen LogP contribution in [-0.2, 0) is 9.53 Å². The highest BCUT2D eigenvalue weighted by atomic mass is 16.5. The van der Waals surface area contributed by atoms with E-state index in [9.17, 15) is 4.79 Å². The van der Waals surface area contributed by atoms with Gasteiger partial charge < -0.3 is 4.74 Å². The van der Waals surface area contributed by atoms with E-state index in [4.69, 9.17) is 4.74 Å². The standard InChI is InChI=1S/C10H16O2/c1-12-9-5-3-7-10(9)6-2-4-8(10)11/h9H,2-7H2,1H3/t9-,10-/m1/s1. The maximum Gasteiger partial charge on any atom is 0.141 e. The van der Waals surface area contributed by atoms with E-state index in [0.29, 0.717) is 5.78 Å². The van der Waals surface area contributed by atoms with Crippen molar-refractivity contribution < 1.29 is 9.53 Å². The summed E-state index contributed by atoms with van der Waals surface area (Å²) in [6, 6.07) is 0. The van der Waals surface area contributed by atoms with Crippen molar-refractivity contribution in [1.82, 2.24) is 0 Å². The Morgan fingerprint density at radius 1 is 1.42 bits per heavy atom. The van der Waals surface area contributed by atoms with E-state index >= 15 is 0 Å². The zero-order valence-corrected chi connectivity index (χ0v) is 7.64. The summed E-state index contributed by atoms with van der Waals surface area (Å²) in [5.41, 5.74) is -0.0469. The fourth-order valence-electron chi connectivity index (χ4n) is 2.94. The summed E-state index contributed by atoms with van der Waals surface area (Å²) >= 11 is 0. The normalized spacial score (nSPS) is 41.4. The van der Waals surface area contributed by atoms with E-state index in [1.54, 1.807) is 7.11 Å². The summed E-state index contributed by atoms with van der Waals surface area (Å²) in [5, 5.41) is 0. The lowest BCUT2D eigenvalue weighted by Crippen LogP contribution is -2.35. The van der Waals surface area contributed by atoms with Crippen molar-refractivity contribution in [3.63, 3.8) is 0 Å². The summed E-state index contributed by atoms with van der Waals surface area (Å²) in [7, 11) is 1.74. The van der Waals surface area contributed by atoms with Crippen LogP contribution in [0.5, 0.6) is 0 Å². The van der Waals surface area contributed by atoms with Crippen LogP contribution in [0, 0.1) is 5.41 Å². The average Bonchev–Trinajstić information content (AvgIpc) is 2.62. The number of ether oxygens (including phenoxy) is 1. The lowest BCUT2D eigenvalue weighted by molar-refractivity contribution is -0.131. The minimum absolute atomic E-state index is 0.0469. The molecule has 2 heteroatoms. The number of carbonyl (C=O) groups excluding carboxylic acids is 1. The molecule has 2 nitrogen and oxygen atoms in total. The third-order valence-corrected chi connectivity index (χ3v) is 3.57. The lowest BCUT2D eigenvalue weighted by atomic mass is 9.81. The zero-order chi connectivity index (χ0) is 8.60. The van der Waals surface area contributed by atoms with Gasteiger partial charge in [-0.05, 0) is 32.1 Å². The quantitative estimate of drug-likeness (QED) is 0.598. The molecule has 2 saturated carbocycles. The third-order valence-electron chi connectivity index (χ3n) is 3.57. The van der Waals surface area contributed by atoms with Crippen LogP contribution in [0.3, 0.4) is 0 Å². The lowest BCUT2D eigenvalue weighted by Gasteiger charge is -2.27. The topological polar surface area (TPSA) is 26.3 Å². The van der Waals surface area contributed by atoms with Crippen LogP contribution in [0.4, 0.5) is 0 Å². The van der Waals surface area contributed by atoms with Crippen LogP contribution in [0.25, 0.3) is 0 Å². The molecular formula is C10H16O2. The summed E-state index contributed by atoms with van der Waals surface area (Å²) in [5.74, 6) is 0.465. The van der Waals surface area contributed by atoms with Gasteiger partial charge in [-0.3, -0.25) is 4.79 Å². The minimum atomic E-state index is -0.0469. The Morgan fingerprint density at radius 3 is 2.75 bits per heavy atom. The second-order valence-electron chi connectivity index (χ2n) is 4.05. The Bertz CT molecular complexity index is 196. The number of methoxy groups -OCH3 is 1. The largest absolute Gasteiger partial charge is 0.380 e. The van der Waals surface area contributed by atoms with Gasteiger partial charge in [-0.1, -0.05) is 0 Å².